The molecule has 1 N–H and O–H groups in total. The zero-order chi connectivity index (χ0) is 19.5. The van der Waals surface area contributed by atoms with Crippen LogP contribution in [0.5, 0.6) is 0 Å². The van der Waals surface area contributed by atoms with Crippen molar-refractivity contribution in [2.24, 2.45) is 0 Å². The first kappa shape index (κ1) is 17.9. The maximum absolute atomic E-state index is 13.0. The Bertz CT molecular complexity index is 1030. The minimum absolute atomic E-state index is 0.224. The quantitative estimate of drug-likeness (QED) is 0.761. The van der Waals surface area contributed by atoms with E-state index in [1.807, 2.05) is 24.3 Å². The van der Waals surface area contributed by atoms with Crippen molar-refractivity contribution in [3.63, 3.8) is 0 Å². The van der Waals surface area contributed by atoms with Crippen LogP contribution >= 0.6 is 0 Å². The zero-order valence-electron chi connectivity index (χ0n) is 15.1. The van der Waals surface area contributed by atoms with Gasteiger partial charge in [-0.05, 0) is 47.9 Å². The van der Waals surface area contributed by atoms with E-state index in [9.17, 15) is 14.0 Å². The van der Waals surface area contributed by atoms with Gasteiger partial charge < -0.3 is 10.2 Å². The van der Waals surface area contributed by atoms with Gasteiger partial charge in [0.2, 0.25) is 0 Å². The number of amides is 2. The van der Waals surface area contributed by atoms with Gasteiger partial charge in [-0.2, -0.15) is 0 Å². The molecule has 1 aromatic heterocycles. The number of halogens is 1. The van der Waals surface area contributed by atoms with E-state index in [1.165, 1.54) is 24.4 Å². The molecule has 2 amide bonds. The Morgan fingerprint density at radius 3 is 2.68 bits per heavy atom. The predicted molar refractivity (Wildman–Crippen MR) is 104 cm³/mol. The number of hydrogen-bond acceptors (Lipinski definition) is 3. The third-order valence-corrected chi connectivity index (χ3v) is 4.74. The number of para-hydroxylation sites is 1. The van der Waals surface area contributed by atoms with Crippen LogP contribution in [0, 0.1) is 5.82 Å². The molecule has 0 aliphatic carbocycles. The second kappa shape index (κ2) is 7.60. The minimum Gasteiger partial charge on any atom is -0.348 e. The Balaban J connectivity index is 1.47. The summed E-state index contributed by atoms with van der Waals surface area (Å²) in [6.45, 7) is 0.866. The van der Waals surface area contributed by atoms with Crippen LogP contribution in [0.15, 0.2) is 66.9 Å². The van der Waals surface area contributed by atoms with E-state index < -0.39 is 0 Å². The molecule has 2 heterocycles. The van der Waals surface area contributed by atoms with Gasteiger partial charge in [0.05, 0.1) is 0 Å². The summed E-state index contributed by atoms with van der Waals surface area (Å²) in [6.07, 6.45) is 2.27. The normalized spacial score (nSPS) is 12.5. The van der Waals surface area contributed by atoms with E-state index in [4.69, 9.17) is 0 Å². The topological polar surface area (TPSA) is 62.3 Å². The van der Waals surface area contributed by atoms with Crippen LogP contribution in [-0.4, -0.2) is 23.3 Å². The number of carbonyl (C=O) groups is 2. The number of pyridine rings is 1. The van der Waals surface area contributed by atoms with Crippen molar-refractivity contribution < 1.29 is 14.0 Å². The summed E-state index contributed by atoms with van der Waals surface area (Å²) >= 11 is 0. The van der Waals surface area contributed by atoms with Gasteiger partial charge in [0, 0.05) is 30.5 Å². The van der Waals surface area contributed by atoms with Crippen molar-refractivity contribution in [3.8, 4) is 0 Å². The lowest BCUT2D eigenvalue weighted by Crippen LogP contribution is -2.30. The molecule has 0 bridgehead atoms. The fourth-order valence-corrected chi connectivity index (χ4v) is 3.26. The summed E-state index contributed by atoms with van der Waals surface area (Å²) in [5, 5.41) is 2.77. The molecule has 0 fully saturated rings. The Morgan fingerprint density at radius 1 is 1.07 bits per heavy atom. The molecular weight excluding hydrogens is 357 g/mol. The van der Waals surface area contributed by atoms with E-state index in [-0.39, 0.29) is 29.9 Å². The lowest BCUT2D eigenvalue weighted by Gasteiger charge is -2.17. The number of aromatic nitrogens is 1. The third-order valence-electron chi connectivity index (χ3n) is 4.74. The molecule has 140 valence electrons. The average molecular weight is 375 g/mol. The average Bonchev–Trinajstić information content (AvgIpc) is 3.17. The van der Waals surface area contributed by atoms with E-state index in [0.717, 1.165) is 23.2 Å². The van der Waals surface area contributed by atoms with Gasteiger partial charge in [-0.15, -0.1) is 0 Å². The smallest absolute Gasteiger partial charge is 0.276 e. The van der Waals surface area contributed by atoms with Crippen molar-refractivity contribution in [1.29, 1.82) is 0 Å². The predicted octanol–water partition coefficient (Wildman–Crippen LogP) is 3.35. The zero-order valence-corrected chi connectivity index (χ0v) is 15.1. The maximum Gasteiger partial charge on any atom is 0.276 e. The summed E-state index contributed by atoms with van der Waals surface area (Å²) < 4.78 is 13.0. The summed E-state index contributed by atoms with van der Waals surface area (Å²) in [4.78, 5) is 31.2. The summed E-state index contributed by atoms with van der Waals surface area (Å²) in [5.41, 5.74) is 3.39. The van der Waals surface area contributed by atoms with Crippen LogP contribution in [0.2, 0.25) is 0 Å². The SMILES string of the molecule is O=C(NCc1ccc(F)cc1)c1ccnc(C(=O)N2CCc3ccccc32)c1. The molecule has 6 heteroatoms. The third kappa shape index (κ3) is 3.62. The Labute approximate surface area is 161 Å². The first-order chi connectivity index (χ1) is 13.6. The molecule has 0 radical (unpaired) electrons. The highest BCUT2D eigenvalue weighted by Crippen LogP contribution is 2.28. The summed E-state index contributed by atoms with van der Waals surface area (Å²) in [5.74, 6) is -0.864. The van der Waals surface area contributed by atoms with Crippen LogP contribution in [0.25, 0.3) is 0 Å². The lowest BCUT2D eigenvalue weighted by molar-refractivity contribution is 0.0951. The number of anilines is 1. The van der Waals surface area contributed by atoms with E-state index in [1.54, 1.807) is 23.1 Å². The summed E-state index contributed by atoms with van der Waals surface area (Å²) in [6, 6.07) is 16.8. The lowest BCUT2D eigenvalue weighted by atomic mass is 10.1. The Hall–Kier alpha value is -3.54. The Kier molecular flexibility index (Phi) is 4.85. The second-order valence-corrected chi connectivity index (χ2v) is 6.57. The molecule has 0 atom stereocenters. The molecule has 4 rings (SSSR count). The fourth-order valence-electron chi connectivity index (χ4n) is 3.26. The van der Waals surface area contributed by atoms with Crippen molar-refractivity contribution in [2.45, 2.75) is 13.0 Å². The highest BCUT2D eigenvalue weighted by atomic mass is 19.1. The molecule has 1 aliphatic heterocycles. The van der Waals surface area contributed by atoms with Gasteiger partial charge in [0.25, 0.3) is 11.8 Å². The standard InChI is InChI=1S/C22H18FN3O2/c23-18-7-5-15(6-8-18)14-25-21(27)17-9-11-24-19(13-17)22(28)26-12-10-16-3-1-2-4-20(16)26/h1-9,11,13H,10,12,14H2,(H,25,27). The second-order valence-electron chi connectivity index (χ2n) is 6.57. The number of carbonyl (C=O) groups excluding carboxylic acids is 2. The van der Waals surface area contributed by atoms with Crippen LogP contribution < -0.4 is 10.2 Å². The number of hydrogen-bond donors (Lipinski definition) is 1. The van der Waals surface area contributed by atoms with Gasteiger partial charge >= 0.3 is 0 Å². The maximum atomic E-state index is 13.0. The molecule has 0 unspecified atom stereocenters. The molecular formula is C22H18FN3O2. The van der Waals surface area contributed by atoms with Crippen molar-refractivity contribution in [2.75, 3.05) is 11.4 Å². The molecule has 0 saturated carbocycles. The highest BCUT2D eigenvalue weighted by Gasteiger charge is 2.26. The first-order valence-electron chi connectivity index (χ1n) is 9.00. The molecule has 0 spiro atoms. The summed E-state index contributed by atoms with van der Waals surface area (Å²) in [7, 11) is 0. The van der Waals surface area contributed by atoms with Crippen molar-refractivity contribution >= 4 is 17.5 Å². The minimum atomic E-state index is -0.323. The van der Waals surface area contributed by atoms with Gasteiger partial charge in [0.15, 0.2) is 0 Å². The van der Waals surface area contributed by atoms with Gasteiger partial charge in [-0.1, -0.05) is 30.3 Å². The number of nitrogens with zero attached hydrogens (tertiary/aromatic N) is 2. The Morgan fingerprint density at radius 2 is 1.86 bits per heavy atom. The van der Waals surface area contributed by atoms with Gasteiger partial charge in [-0.3, -0.25) is 14.6 Å². The number of fused-ring (bicyclic) bond motifs is 1. The number of nitrogens with one attached hydrogen (secondary N) is 1. The molecule has 3 aromatic rings. The molecule has 1 aliphatic rings. The van der Waals surface area contributed by atoms with Gasteiger partial charge in [0.1, 0.15) is 11.5 Å². The van der Waals surface area contributed by atoms with Crippen LogP contribution in [-0.2, 0) is 13.0 Å². The fraction of sp³-hybridized carbons (Fsp3) is 0.136. The van der Waals surface area contributed by atoms with Crippen LogP contribution in [0.1, 0.15) is 32.0 Å². The van der Waals surface area contributed by atoms with E-state index >= 15 is 0 Å². The van der Waals surface area contributed by atoms with Crippen molar-refractivity contribution in [1.82, 2.24) is 10.3 Å². The van der Waals surface area contributed by atoms with Gasteiger partial charge in [-0.25, -0.2) is 4.39 Å². The van der Waals surface area contributed by atoms with Crippen LogP contribution in [0.3, 0.4) is 0 Å². The number of benzene rings is 2. The highest BCUT2D eigenvalue weighted by molar-refractivity contribution is 6.07. The molecule has 28 heavy (non-hydrogen) atoms. The molecule has 5 nitrogen and oxygen atoms in total. The van der Waals surface area contributed by atoms with Crippen LogP contribution in [0.4, 0.5) is 10.1 Å². The largest absolute Gasteiger partial charge is 0.348 e. The molecule has 2 aromatic carbocycles. The number of rotatable bonds is 4. The monoisotopic (exact) mass is 375 g/mol. The van der Waals surface area contributed by atoms with E-state index in [0.29, 0.717) is 12.1 Å². The van der Waals surface area contributed by atoms with E-state index in [2.05, 4.69) is 10.3 Å². The first-order valence-corrected chi connectivity index (χ1v) is 9.00. The molecule has 0 saturated heterocycles. The van der Waals surface area contributed by atoms with Crippen molar-refractivity contribution in [3.05, 3.63) is 95.1 Å².